The van der Waals surface area contributed by atoms with Gasteiger partial charge in [-0.2, -0.15) is 0 Å². The minimum absolute atomic E-state index is 0.444. The first-order valence-electron chi connectivity index (χ1n) is 2.38. The fraction of sp³-hybridized carbons (Fsp3) is 0.500. The Balaban J connectivity index is 2.63. The first kappa shape index (κ1) is 7.52. The smallest absolute Gasteiger partial charge is 0.353 e. The molecule has 1 rings (SSSR count). The third-order valence-corrected chi connectivity index (χ3v) is 1.76. The summed E-state index contributed by atoms with van der Waals surface area (Å²) in [5.41, 5.74) is -2.90. The molecule has 0 aromatic heterocycles. The summed E-state index contributed by atoms with van der Waals surface area (Å²) >= 11 is 0.444. The standard InChI is InChI=1S/C4H4O5S/c5-1-3(7)10-4(8)2(6)9-1/h3-4,7-8H/t3-,4-/m0/s1. The van der Waals surface area contributed by atoms with Gasteiger partial charge in [-0.3, -0.25) is 0 Å². The summed E-state index contributed by atoms with van der Waals surface area (Å²) in [6, 6.07) is 0. The number of aliphatic hydroxyl groups is 2. The average molecular weight is 164 g/mol. The minimum Gasteiger partial charge on any atom is -0.388 e. The highest BCUT2D eigenvalue weighted by atomic mass is 32.2. The fourth-order valence-corrected chi connectivity index (χ4v) is 0.996. The highest BCUT2D eigenvalue weighted by Gasteiger charge is 2.35. The average Bonchev–Trinajstić information content (AvgIpc) is 1.84. The Bertz CT molecular complexity index is 160. The molecule has 10 heavy (non-hydrogen) atoms. The lowest BCUT2D eigenvalue weighted by molar-refractivity contribution is -0.167. The van der Waals surface area contributed by atoms with E-state index in [9.17, 15) is 9.59 Å². The van der Waals surface area contributed by atoms with Crippen LogP contribution in [0, 0.1) is 0 Å². The molecule has 1 aliphatic heterocycles. The summed E-state index contributed by atoms with van der Waals surface area (Å²) in [7, 11) is 0. The number of rotatable bonds is 0. The zero-order valence-electron chi connectivity index (χ0n) is 4.68. The molecule has 1 saturated heterocycles. The molecule has 56 valence electrons. The van der Waals surface area contributed by atoms with E-state index in [2.05, 4.69) is 4.74 Å². The van der Waals surface area contributed by atoms with Gasteiger partial charge in [-0.1, -0.05) is 11.8 Å². The molecule has 5 nitrogen and oxygen atoms in total. The molecule has 0 amide bonds. The number of hydrogen-bond acceptors (Lipinski definition) is 6. The molecular formula is C4H4O5S. The fourth-order valence-electron chi connectivity index (χ4n) is 0.433. The Hall–Kier alpha value is -0.590. The van der Waals surface area contributed by atoms with E-state index in [4.69, 9.17) is 10.2 Å². The van der Waals surface area contributed by atoms with Crippen LogP contribution in [0.5, 0.6) is 0 Å². The lowest BCUT2D eigenvalue weighted by Gasteiger charge is -2.17. The molecule has 1 heterocycles. The van der Waals surface area contributed by atoms with E-state index >= 15 is 0 Å². The summed E-state index contributed by atoms with van der Waals surface area (Å²) in [5, 5.41) is 17.3. The van der Waals surface area contributed by atoms with Crippen molar-refractivity contribution in [3.63, 3.8) is 0 Å². The van der Waals surface area contributed by atoms with Gasteiger partial charge in [0.05, 0.1) is 0 Å². The van der Waals surface area contributed by atoms with Crippen molar-refractivity contribution >= 4 is 23.7 Å². The molecule has 2 atom stereocenters. The summed E-state index contributed by atoms with van der Waals surface area (Å²) in [6.07, 6.45) is 0. The van der Waals surface area contributed by atoms with Crippen LogP contribution in [0.4, 0.5) is 0 Å². The molecule has 0 radical (unpaired) electrons. The largest absolute Gasteiger partial charge is 0.388 e. The van der Waals surface area contributed by atoms with Crippen molar-refractivity contribution in [1.29, 1.82) is 0 Å². The predicted molar refractivity (Wildman–Crippen MR) is 30.7 cm³/mol. The van der Waals surface area contributed by atoms with Gasteiger partial charge in [0.1, 0.15) is 0 Å². The highest BCUT2D eigenvalue weighted by molar-refractivity contribution is 8.01. The van der Waals surface area contributed by atoms with Crippen LogP contribution in [0.2, 0.25) is 0 Å². The number of carbonyl (C=O) groups is 2. The molecule has 1 fully saturated rings. The second-order valence-corrected chi connectivity index (χ2v) is 2.75. The summed E-state index contributed by atoms with van der Waals surface area (Å²) in [4.78, 5) is 20.7. The van der Waals surface area contributed by atoms with Gasteiger partial charge in [0, 0.05) is 0 Å². The number of thioether (sulfide) groups is 1. The molecule has 0 unspecified atom stereocenters. The normalized spacial score (nSPS) is 33.8. The van der Waals surface area contributed by atoms with Crippen LogP contribution in [0.3, 0.4) is 0 Å². The Labute approximate surface area is 60.0 Å². The number of carbonyl (C=O) groups excluding carboxylic acids is 2. The molecule has 0 spiro atoms. The van der Waals surface area contributed by atoms with Gasteiger partial charge in [0.2, 0.25) is 10.9 Å². The van der Waals surface area contributed by atoms with Crippen LogP contribution >= 0.6 is 11.8 Å². The maximum atomic E-state index is 10.3. The van der Waals surface area contributed by atoms with Crippen LogP contribution in [0.1, 0.15) is 0 Å². The quantitative estimate of drug-likeness (QED) is 0.333. The molecule has 0 aromatic rings. The van der Waals surface area contributed by atoms with Crippen LogP contribution < -0.4 is 0 Å². The van der Waals surface area contributed by atoms with Crippen molar-refractivity contribution < 1.29 is 24.5 Å². The Morgan fingerprint density at radius 1 is 1.20 bits per heavy atom. The van der Waals surface area contributed by atoms with Gasteiger partial charge in [-0.15, -0.1) is 0 Å². The number of ether oxygens (including phenoxy) is 1. The van der Waals surface area contributed by atoms with Crippen LogP contribution in [0.15, 0.2) is 0 Å². The Morgan fingerprint density at radius 3 is 1.90 bits per heavy atom. The van der Waals surface area contributed by atoms with E-state index in [0.717, 1.165) is 0 Å². The molecule has 0 saturated carbocycles. The molecule has 2 N–H and O–H groups in total. The number of cyclic esters (lactones) is 2. The van der Waals surface area contributed by atoms with Crippen LogP contribution in [-0.4, -0.2) is 33.0 Å². The summed E-state index contributed by atoms with van der Waals surface area (Å²) < 4.78 is 3.91. The first-order chi connectivity index (χ1) is 4.61. The minimum atomic E-state index is -1.45. The Morgan fingerprint density at radius 2 is 1.60 bits per heavy atom. The lowest BCUT2D eigenvalue weighted by atomic mass is 10.6. The lowest BCUT2D eigenvalue weighted by Crippen LogP contribution is -2.36. The molecule has 0 bridgehead atoms. The number of esters is 2. The number of aliphatic hydroxyl groups excluding tert-OH is 2. The van der Waals surface area contributed by atoms with Gasteiger partial charge in [-0.25, -0.2) is 9.59 Å². The van der Waals surface area contributed by atoms with E-state index in [0.29, 0.717) is 11.8 Å². The van der Waals surface area contributed by atoms with Gasteiger partial charge < -0.3 is 14.9 Å². The maximum Gasteiger partial charge on any atom is 0.353 e. The van der Waals surface area contributed by atoms with E-state index < -0.39 is 22.8 Å². The van der Waals surface area contributed by atoms with E-state index in [1.54, 1.807) is 0 Å². The molecular weight excluding hydrogens is 160 g/mol. The molecule has 0 aliphatic carbocycles. The van der Waals surface area contributed by atoms with Gasteiger partial charge in [0.15, 0.2) is 0 Å². The van der Waals surface area contributed by atoms with Gasteiger partial charge in [0.25, 0.3) is 0 Å². The molecule has 0 aromatic carbocycles. The van der Waals surface area contributed by atoms with Gasteiger partial charge in [-0.05, 0) is 0 Å². The zero-order chi connectivity index (χ0) is 7.72. The monoisotopic (exact) mass is 164 g/mol. The van der Waals surface area contributed by atoms with E-state index in [-0.39, 0.29) is 0 Å². The maximum absolute atomic E-state index is 10.3. The highest BCUT2D eigenvalue weighted by Crippen LogP contribution is 2.21. The second kappa shape index (κ2) is 2.57. The summed E-state index contributed by atoms with van der Waals surface area (Å²) in [5.74, 6) is -2.05. The Kier molecular flexibility index (Phi) is 1.93. The van der Waals surface area contributed by atoms with Crippen LogP contribution in [0.25, 0.3) is 0 Å². The first-order valence-corrected chi connectivity index (χ1v) is 3.32. The third-order valence-electron chi connectivity index (χ3n) is 0.862. The molecule has 1 aliphatic rings. The van der Waals surface area contributed by atoms with Crippen molar-refractivity contribution in [2.45, 2.75) is 10.9 Å². The zero-order valence-corrected chi connectivity index (χ0v) is 5.50. The van der Waals surface area contributed by atoms with Crippen molar-refractivity contribution in [2.75, 3.05) is 0 Å². The van der Waals surface area contributed by atoms with Crippen molar-refractivity contribution in [2.24, 2.45) is 0 Å². The predicted octanol–water partition coefficient (Wildman–Crippen LogP) is -1.56. The van der Waals surface area contributed by atoms with E-state index in [1.807, 2.05) is 0 Å². The summed E-state index contributed by atoms with van der Waals surface area (Å²) in [6.45, 7) is 0. The SMILES string of the molecule is O=C1OC(=O)[C@@H](O)S[C@@H]1O. The van der Waals surface area contributed by atoms with E-state index in [1.165, 1.54) is 0 Å². The van der Waals surface area contributed by atoms with Crippen molar-refractivity contribution in [1.82, 2.24) is 0 Å². The third kappa shape index (κ3) is 1.28. The van der Waals surface area contributed by atoms with Gasteiger partial charge >= 0.3 is 11.9 Å². The number of hydrogen-bond donors (Lipinski definition) is 2. The van der Waals surface area contributed by atoms with Crippen molar-refractivity contribution in [3.8, 4) is 0 Å². The topological polar surface area (TPSA) is 83.8 Å². The second-order valence-electron chi connectivity index (χ2n) is 1.58. The van der Waals surface area contributed by atoms with Crippen LogP contribution in [-0.2, 0) is 14.3 Å². The molecule has 6 heteroatoms. The van der Waals surface area contributed by atoms with Crippen molar-refractivity contribution in [3.05, 3.63) is 0 Å².